The van der Waals surface area contributed by atoms with E-state index in [9.17, 15) is 0 Å². The van der Waals surface area contributed by atoms with E-state index in [1.807, 2.05) is 0 Å². The number of benzene rings is 1. The molecule has 1 saturated heterocycles. The minimum absolute atomic E-state index is 0.827. The molecule has 0 unspecified atom stereocenters. The van der Waals surface area contributed by atoms with E-state index in [0.29, 0.717) is 0 Å². The van der Waals surface area contributed by atoms with Crippen LogP contribution in [0.2, 0.25) is 0 Å². The molecule has 1 heterocycles. The zero-order chi connectivity index (χ0) is 15.2. The van der Waals surface area contributed by atoms with Crippen LogP contribution in [0.25, 0.3) is 0 Å². The van der Waals surface area contributed by atoms with Gasteiger partial charge in [0, 0.05) is 42.8 Å². The molecule has 0 atom stereocenters. The predicted molar refractivity (Wildman–Crippen MR) is 89.6 cm³/mol. The standard InChI is InChI=1S/C16H25BrN2O2/c1-4-12-11-14(20-2)16(21-3)13(15(12)17)5-8-19-9-6-18-7-10-19/h11,18H,4-10H2,1-3H3. The summed E-state index contributed by atoms with van der Waals surface area (Å²) in [5, 5.41) is 3.39. The Labute approximate surface area is 135 Å². The van der Waals surface area contributed by atoms with Gasteiger partial charge in [-0.05, 0) is 24.5 Å². The Hall–Kier alpha value is -0.780. The fraction of sp³-hybridized carbons (Fsp3) is 0.625. The number of aryl methyl sites for hydroxylation is 1. The third-order valence-corrected chi connectivity index (χ3v) is 5.03. The number of ether oxygens (including phenoxy) is 2. The molecule has 1 aromatic carbocycles. The lowest BCUT2D eigenvalue weighted by molar-refractivity contribution is 0.242. The SMILES string of the molecule is CCc1cc(OC)c(OC)c(CCN2CCNCC2)c1Br. The fourth-order valence-electron chi connectivity index (χ4n) is 2.79. The molecular weight excluding hydrogens is 332 g/mol. The number of methoxy groups -OCH3 is 2. The van der Waals surface area contributed by atoms with E-state index in [1.165, 1.54) is 11.1 Å². The summed E-state index contributed by atoms with van der Waals surface area (Å²) >= 11 is 3.76. The van der Waals surface area contributed by atoms with Gasteiger partial charge in [0.1, 0.15) is 0 Å². The highest BCUT2D eigenvalue weighted by Crippen LogP contribution is 2.39. The first-order chi connectivity index (χ1) is 10.2. The van der Waals surface area contributed by atoms with Crippen LogP contribution in [0.3, 0.4) is 0 Å². The van der Waals surface area contributed by atoms with Crippen molar-refractivity contribution >= 4 is 15.9 Å². The Balaban J connectivity index is 2.22. The van der Waals surface area contributed by atoms with Crippen LogP contribution >= 0.6 is 15.9 Å². The molecule has 0 radical (unpaired) electrons. The Kier molecular flexibility index (Phi) is 6.33. The topological polar surface area (TPSA) is 33.7 Å². The summed E-state index contributed by atoms with van der Waals surface area (Å²) in [4.78, 5) is 2.49. The minimum Gasteiger partial charge on any atom is -0.493 e. The molecule has 0 bridgehead atoms. The Bertz CT molecular complexity index is 474. The number of rotatable bonds is 6. The number of nitrogens with zero attached hydrogens (tertiary/aromatic N) is 1. The van der Waals surface area contributed by atoms with Crippen molar-refractivity contribution in [3.63, 3.8) is 0 Å². The molecule has 0 aromatic heterocycles. The maximum Gasteiger partial charge on any atom is 0.165 e. The van der Waals surface area contributed by atoms with E-state index in [4.69, 9.17) is 9.47 Å². The van der Waals surface area contributed by atoms with Gasteiger partial charge in [-0.3, -0.25) is 0 Å². The van der Waals surface area contributed by atoms with E-state index >= 15 is 0 Å². The van der Waals surface area contributed by atoms with E-state index in [1.54, 1.807) is 14.2 Å². The second kappa shape index (κ2) is 8.01. The minimum atomic E-state index is 0.827. The van der Waals surface area contributed by atoms with Crippen LogP contribution in [0.15, 0.2) is 10.5 Å². The average molecular weight is 357 g/mol. The van der Waals surface area contributed by atoms with Gasteiger partial charge in [0.15, 0.2) is 11.5 Å². The third kappa shape index (κ3) is 3.90. The highest BCUT2D eigenvalue weighted by Gasteiger charge is 2.18. The molecule has 118 valence electrons. The lowest BCUT2D eigenvalue weighted by Gasteiger charge is -2.28. The van der Waals surface area contributed by atoms with Gasteiger partial charge in [-0.1, -0.05) is 22.9 Å². The molecular formula is C16H25BrN2O2. The number of hydrogen-bond donors (Lipinski definition) is 1. The van der Waals surface area contributed by atoms with Gasteiger partial charge in [-0.15, -0.1) is 0 Å². The molecule has 1 aromatic rings. The van der Waals surface area contributed by atoms with Crippen molar-refractivity contribution < 1.29 is 9.47 Å². The Morgan fingerprint density at radius 3 is 2.52 bits per heavy atom. The summed E-state index contributed by atoms with van der Waals surface area (Å²) in [6.45, 7) is 7.60. The predicted octanol–water partition coefficient (Wildman–Crippen LogP) is 2.48. The zero-order valence-corrected chi connectivity index (χ0v) is 14.8. The first kappa shape index (κ1) is 16.6. The summed E-state index contributed by atoms with van der Waals surface area (Å²) in [5.41, 5.74) is 2.48. The smallest absolute Gasteiger partial charge is 0.165 e. The molecule has 21 heavy (non-hydrogen) atoms. The van der Waals surface area contributed by atoms with Crippen molar-refractivity contribution in [1.82, 2.24) is 10.2 Å². The second-order valence-corrected chi connectivity index (χ2v) is 6.05. The summed E-state index contributed by atoms with van der Waals surface area (Å²) in [6.07, 6.45) is 1.94. The molecule has 0 spiro atoms. The number of hydrogen-bond acceptors (Lipinski definition) is 4. The number of halogens is 1. The molecule has 1 aliphatic heterocycles. The molecule has 0 saturated carbocycles. The lowest BCUT2D eigenvalue weighted by atomic mass is 10.0. The van der Waals surface area contributed by atoms with Crippen LogP contribution in [0.5, 0.6) is 11.5 Å². The lowest BCUT2D eigenvalue weighted by Crippen LogP contribution is -2.44. The van der Waals surface area contributed by atoms with Crippen molar-refractivity contribution in [1.29, 1.82) is 0 Å². The van der Waals surface area contributed by atoms with Gasteiger partial charge < -0.3 is 19.7 Å². The number of piperazine rings is 1. The van der Waals surface area contributed by atoms with E-state index in [0.717, 1.165) is 61.5 Å². The van der Waals surface area contributed by atoms with Gasteiger partial charge >= 0.3 is 0 Å². The summed E-state index contributed by atoms with van der Waals surface area (Å²) < 4.78 is 12.3. The Morgan fingerprint density at radius 2 is 1.95 bits per heavy atom. The second-order valence-electron chi connectivity index (χ2n) is 5.26. The summed E-state index contributed by atoms with van der Waals surface area (Å²) in [5.74, 6) is 1.68. The summed E-state index contributed by atoms with van der Waals surface area (Å²) in [7, 11) is 3.41. The zero-order valence-electron chi connectivity index (χ0n) is 13.2. The van der Waals surface area contributed by atoms with Gasteiger partial charge in [0.2, 0.25) is 0 Å². The fourth-order valence-corrected chi connectivity index (χ4v) is 3.56. The first-order valence-electron chi connectivity index (χ1n) is 7.56. The van der Waals surface area contributed by atoms with Crippen molar-refractivity contribution in [2.75, 3.05) is 46.9 Å². The highest BCUT2D eigenvalue weighted by molar-refractivity contribution is 9.10. The maximum absolute atomic E-state index is 5.60. The van der Waals surface area contributed by atoms with Gasteiger partial charge in [0.25, 0.3) is 0 Å². The highest BCUT2D eigenvalue weighted by atomic mass is 79.9. The van der Waals surface area contributed by atoms with E-state index < -0.39 is 0 Å². The maximum atomic E-state index is 5.60. The first-order valence-corrected chi connectivity index (χ1v) is 8.35. The molecule has 1 fully saturated rings. The van der Waals surface area contributed by atoms with Crippen LogP contribution in [0, 0.1) is 0 Å². The number of nitrogens with one attached hydrogen (secondary N) is 1. The van der Waals surface area contributed by atoms with Crippen LogP contribution in [0.4, 0.5) is 0 Å². The van der Waals surface area contributed by atoms with Gasteiger partial charge in [-0.2, -0.15) is 0 Å². The van der Waals surface area contributed by atoms with E-state index in [2.05, 4.69) is 39.1 Å². The molecule has 1 aliphatic rings. The summed E-state index contributed by atoms with van der Waals surface area (Å²) in [6, 6.07) is 2.07. The van der Waals surface area contributed by atoms with Crippen molar-refractivity contribution in [2.45, 2.75) is 19.8 Å². The van der Waals surface area contributed by atoms with Crippen molar-refractivity contribution in [3.8, 4) is 11.5 Å². The van der Waals surface area contributed by atoms with Crippen LogP contribution in [0.1, 0.15) is 18.1 Å². The van der Waals surface area contributed by atoms with E-state index in [-0.39, 0.29) is 0 Å². The van der Waals surface area contributed by atoms with Gasteiger partial charge in [0.05, 0.1) is 14.2 Å². The van der Waals surface area contributed by atoms with Crippen LogP contribution in [-0.2, 0) is 12.8 Å². The Morgan fingerprint density at radius 1 is 1.24 bits per heavy atom. The molecule has 0 aliphatic carbocycles. The van der Waals surface area contributed by atoms with Crippen LogP contribution in [-0.4, -0.2) is 51.8 Å². The molecule has 0 amide bonds. The molecule has 2 rings (SSSR count). The largest absolute Gasteiger partial charge is 0.493 e. The molecule has 1 N–H and O–H groups in total. The normalized spacial score (nSPS) is 16.0. The molecule has 4 nitrogen and oxygen atoms in total. The van der Waals surface area contributed by atoms with Gasteiger partial charge in [-0.25, -0.2) is 0 Å². The van der Waals surface area contributed by atoms with Crippen LogP contribution < -0.4 is 14.8 Å². The van der Waals surface area contributed by atoms with Crippen molar-refractivity contribution in [2.24, 2.45) is 0 Å². The average Bonchev–Trinajstić information content (AvgIpc) is 2.54. The quantitative estimate of drug-likeness (QED) is 0.848. The third-order valence-electron chi connectivity index (χ3n) is 4.04. The monoisotopic (exact) mass is 356 g/mol. The van der Waals surface area contributed by atoms with Crippen molar-refractivity contribution in [3.05, 3.63) is 21.7 Å². The molecule has 5 heteroatoms.